The molecule has 0 spiro atoms. The fourth-order valence-corrected chi connectivity index (χ4v) is 37.3. The van der Waals surface area contributed by atoms with Crippen molar-refractivity contribution in [2.75, 3.05) is 52.4 Å². The summed E-state index contributed by atoms with van der Waals surface area (Å²) in [6.07, 6.45) is 0. The van der Waals surface area contributed by atoms with Gasteiger partial charge >= 0.3 is 16.2 Å². The molecule has 0 atom stereocenters. The standard InChI is InChI=1S/C16H48N8Si3/c1-9-17-25(18-10-2,19-11-3)27(23-15-7,24-16-8)26(20-12-4,21-13-5)22-14-6/h17-24H,9-16H2,1-8H3. The highest BCUT2D eigenvalue weighted by molar-refractivity contribution is 7.65. The predicted molar refractivity (Wildman–Crippen MR) is 127 cm³/mol. The predicted octanol–water partition coefficient (Wildman–Crippen LogP) is -0.661. The molecule has 8 nitrogen and oxygen atoms in total. The molecule has 0 radical (unpaired) electrons. The SMILES string of the molecule is CCN[Si](NCC)(NCC)[Si](NCC)(NCC)[Si](NCC)(NCC)NCC. The van der Waals surface area contributed by atoms with Gasteiger partial charge in [-0.25, -0.2) is 0 Å². The van der Waals surface area contributed by atoms with E-state index in [1.165, 1.54) is 0 Å². The lowest BCUT2D eigenvalue weighted by Gasteiger charge is -2.56. The summed E-state index contributed by atoms with van der Waals surface area (Å²) in [4.78, 5) is 31.9. The third-order valence-corrected chi connectivity index (χ3v) is 32.8. The average Bonchev–Trinajstić information content (AvgIpc) is 2.62. The van der Waals surface area contributed by atoms with Crippen LogP contribution in [-0.4, -0.2) is 75.9 Å². The van der Waals surface area contributed by atoms with E-state index < -0.39 is 23.6 Å². The normalized spacial score (nSPS) is 13.3. The Bertz CT molecular complexity index is 308. The molecule has 0 amide bonds. The molecule has 8 N–H and O–H groups in total. The van der Waals surface area contributed by atoms with Gasteiger partial charge in [-0.1, -0.05) is 55.4 Å². The number of hydrogen-bond acceptors (Lipinski definition) is 8. The number of hydrogen-bond donors (Lipinski definition) is 8. The Balaban J connectivity index is 6.83. The maximum absolute atomic E-state index is 4.06. The molecule has 0 fully saturated rings. The first-order valence-corrected chi connectivity index (χ1v) is 19.0. The Morgan fingerprint density at radius 1 is 0.333 bits per heavy atom. The van der Waals surface area contributed by atoms with E-state index >= 15 is 0 Å². The minimum atomic E-state index is -2.37. The second-order valence-electron chi connectivity index (χ2n) is 6.49. The van der Waals surface area contributed by atoms with Crippen LogP contribution in [0, 0.1) is 0 Å². The van der Waals surface area contributed by atoms with Crippen molar-refractivity contribution in [1.29, 1.82) is 0 Å². The lowest BCUT2D eigenvalue weighted by molar-refractivity contribution is 0.749. The van der Waals surface area contributed by atoms with Gasteiger partial charge in [0, 0.05) is 0 Å². The van der Waals surface area contributed by atoms with Crippen LogP contribution in [0.3, 0.4) is 0 Å². The smallest absolute Gasteiger partial charge is 0.300 e. The van der Waals surface area contributed by atoms with Gasteiger partial charge in [0.1, 0.15) is 0 Å². The van der Waals surface area contributed by atoms with Crippen LogP contribution in [-0.2, 0) is 0 Å². The molecule has 0 heterocycles. The van der Waals surface area contributed by atoms with Gasteiger partial charge in [0.05, 0.1) is 0 Å². The lowest BCUT2D eigenvalue weighted by atomic mass is 10.8. The molecule has 0 aromatic rings. The van der Waals surface area contributed by atoms with Crippen molar-refractivity contribution in [1.82, 2.24) is 39.9 Å². The van der Waals surface area contributed by atoms with E-state index in [0.29, 0.717) is 0 Å². The van der Waals surface area contributed by atoms with Crippen molar-refractivity contribution in [2.24, 2.45) is 0 Å². The zero-order chi connectivity index (χ0) is 20.8. The molecule has 0 aliphatic heterocycles. The molecule has 0 saturated carbocycles. The van der Waals surface area contributed by atoms with E-state index in [1.807, 2.05) is 0 Å². The molecular weight excluding hydrogens is 388 g/mol. The maximum atomic E-state index is 4.06. The second kappa shape index (κ2) is 14.3. The van der Waals surface area contributed by atoms with Crippen LogP contribution in [0.2, 0.25) is 0 Å². The molecule has 0 saturated heterocycles. The van der Waals surface area contributed by atoms with E-state index in [1.54, 1.807) is 0 Å². The summed E-state index contributed by atoms with van der Waals surface area (Å²) in [5.74, 6) is 0. The Morgan fingerprint density at radius 2 is 0.519 bits per heavy atom. The van der Waals surface area contributed by atoms with Crippen molar-refractivity contribution in [3.63, 3.8) is 0 Å². The van der Waals surface area contributed by atoms with Gasteiger partial charge in [-0.05, 0) is 52.4 Å². The van der Waals surface area contributed by atoms with Gasteiger partial charge in [0.2, 0.25) is 0 Å². The molecule has 0 rings (SSSR count). The minimum Gasteiger partial charge on any atom is -0.324 e. The quantitative estimate of drug-likeness (QED) is 0.134. The van der Waals surface area contributed by atoms with E-state index in [0.717, 1.165) is 52.4 Å². The summed E-state index contributed by atoms with van der Waals surface area (Å²) in [6, 6.07) is 0. The number of rotatable bonds is 18. The van der Waals surface area contributed by atoms with E-state index in [2.05, 4.69) is 95.2 Å². The van der Waals surface area contributed by atoms with Crippen LogP contribution in [0.4, 0.5) is 0 Å². The van der Waals surface area contributed by atoms with Crippen LogP contribution in [0.15, 0.2) is 0 Å². The molecule has 0 aromatic carbocycles. The highest BCUT2D eigenvalue weighted by atomic mass is 29.7. The topological polar surface area (TPSA) is 96.2 Å². The Kier molecular flexibility index (Phi) is 14.5. The van der Waals surface area contributed by atoms with Gasteiger partial charge in [0.15, 0.2) is 0 Å². The van der Waals surface area contributed by atoms with Crippen LogP contribution >= 0.6 is 0 Å². The Morgan fingerprint density at radius 3 is 0.667 bits per heavy atom. The highest BCUT2D eigenvalue weighted by Gasteiger charge is 2.70. The van der Waals surface area contributed by atoms with Crippen LogP contribution in [0.25, 0.3) is 0 Å². The summed E-state index contributed by atoms with van der Waals surface area (Å²) < 4.78 is 0. The Hall–Kier alpha value is 0.331. The molecule has 0 aliphatic carbocycles. The van der Waals surface area contributed by atoms with Crippen molar-refractivity contribution in [3.05, 3.63) is 0 Å². The van der Waals surface area contributed by atoms with Gasteiger partial charge in [-0.3, -0.25) is 0 Å². The lowest BCUT2D eigenvalue weighted by Crippen LogP contribution is -3.08. The van der Waals surface area contributed by atoms with Gasteiger partial charge in [0.25, 0.3) is 7.43 Å². The largest absolute Gasteiger partial charge is 0.324 e. The average molecular weight is 437 g/mol. The van der Waals surface area contributed by atoms with Gasteiger partial charge in [-0.15, -0.1) is 0 Å². The zero-order valence-electron chi connectivity index (χ0n) is 19.2. The molecule has 164 valence electrons. The fraction of sp³-hybridized carbons (Fsp3) is 1.00. The molecule has 11 heteroatoms. The molecule has 0 aliphatic rings. The van der Waals surface area contributed by atoms with Crippen molar-refractivity contribution in [3.8, 4) is 0 Å². The molecule has 0 bridgehead atoms. The minimum absolute atomic E-state index is 0.937. The first-order valence-electron chi connectivity index (χ1n) is 11.0. The Labute approximate surface area is 171 Å². The van der Waals surface area contributed by atoms with Gasteiger partial charge in [-0.2, -0.15) is 0 Å². The number of nitrogens with one attached hydrogen (secondary N) is 8. The van der Waals surface area contributed by atoms with Crippen molar-refractivity contribution >= 4 is 23.6 Å². The third kappa shape index (κ3) is 6.15. The van der Waals surface area contributed by atoms with Crippen molar-refractivity contribution in [2.45, 2.75) is 55.4 Å². The maximum Gasteiger partial charge on any atom is 0.300 e. The van der Waals surface area contributed by atoms with E-state index in [-0.39, 0.29) is 0 Å². The third-order valence-electron chi connectivity index (χ3n) is 4.66. The summed E-state index contributed by atoms with van der Waals surface area (Å²) >= 11 is 0. The second-order valence-corrected chi connectivity index (χ2v) is 24.3. The van der Waals surface area contributed by atoms with Crippen LogP contribution in [0.1, 0.15) is 55.4 Å². The molecule has 0 unspecified atom stereocenters. The van der Waals surface area contributed by atoms with Gasteiger partial charge < -0.3 is 39.9 Å². The van der Waals surface area contributed by atoms with E-state index in [9.17, 15) is 0 Å². The molecule has 27 heavy (non-hydrogen) atoms. The van der Waals surface area contributed by atoms with Crippen LogP contribution in [0.5, 0.6) is 0 Å². The monoisotopic (exact) mass is 436 g/mol. The van der Waals surface area contributed by atoms with Crippen LogP contribution < -0.4 is 39.9 Å². The summed E-state index contributed by atoms with van der Waals surface area (Å²) in [5.41, 5.74) is 0. The highest BCUT2D eigenvalue weighted by Crippen LogP contribution is 2.15. The summed E-state index contributed by atoms with van der Waals surface area (Å²) in [6.45, 7) is 25.2. The fourth-order valence-electron chi connectivity index (χ4n) is 4.17. The van der Waals surface area contributed by atoms with Crippen molar-refractivity contribution < 1.29 is 0 Å². The molecule has 0 aromatic heterocycles. The first-order chi connectivity index (χ1) is 13.0. The zero-order valence-corrected chi connectivity index (χ0v) is 22.2. The summed E-state index contributed by atoms with van der Waals surface area (Å²) in [5, 5.41) is 0. The molecular formula is C16H48N8Si3. The van der Waals surface area contributed by atoms with E-state index in [4.69, 9.17) is 0 Å². The first kappa shape index (κ1) is 27.3. The summed E-state index contributed by atoms with van der Waals surface area (Å²) in [7, 11) is -7.02.